The molecule has 1 rings (SSSR count). The zero-order valence-corrected chi connectivity index (χ0v) is 12.9. The Hall–Kier alpha value is -2.57. The molecule has 1 aromatic carbocycles. The number of carbonyl (C=O) groups is 3. The molecule has 22 heavy (non-hydrogen) atoms. The Balaban J connectivity index is 2.22. The van der Waals surface area contributed by atoms with Crippen molar-refractivity contribution in [2.75, 3.05) is 33.9 Å². The van der Waals surface area contributed by atoms with E-state index in [0.29, 0.717) is 5.75 Å². The van der Waals surface area contributed by atoms with Crippen molar-refractivity contribution in [3.05, 3.63) is 29.8 Å². The number of hydrogen-bond donors (Lipinski definition) is 1. The second-order valence-corrected chi connectivity index (χ2v) is 4.83. The third kappa shape index (κ3) is 6.74. The first-order valence-corrected chi connectivity index (χ1v) is 6.70. The van der Waals surface area contributed by atoms with Crippen molar-refractivity contribution in [2.45, 2.75) is 6.92 Å². The van der Waals surface area contributed by atoms with Crippen LogP contribution in [0.5, 0.6) is 5.75 Å². The number of likely N-dealkylation sites (N-methyl/N-ethyl adjacent to an activating group) is 1. The van der Waals surface area contributed by atoms with Gasteiger partial charge in [-0.05, 0) is 24.6 Å². The van der Waals surface area contributed by atoms with E-state index in [-0.39, 0.29) is 19.1 Å². The largest absolute Gasteiger partial charge is 0.482 e. The molecular weight excluding hydrogens is 288 g/mol. The van der Waals surface area contributed by atoms with Crippen molar-refractivity contribution in [3.8, 4) is 5.75 Å². The molecule has 120 valence electrons. The highest BCUT2D eigenvalue weighted by molar-refractivity contribution is 5.86. The number of esters is 1. The van der Waals surface area contributed by atoms with Crippen LogP contribution in [0.4, 0.5) is 0 Å². The molecule has 7 heteroatoms. The average molecular weight is 308 g/mol. The summed E-state index contributed by atoms with van der Waals surface area (Å²) in [6, 6.07) is 7.22. The molecule has 2 amide bonds. The zero-order valence-electron chi connectivity index (χ0n) is 12.9. The molecule has 0 saturated heterocycles. The van der Waals surface area contributed by atoms with Crippen LogP contribution in [0.2, 0.25) is 0 Å². The lowest BCUT2D eigenvalue weighted by molar-refractivity contribution is -0.150. The van der Waals surface area contributed by atoms with E-state index >= 15 is 0 Å². The number of amides is 2. The highest BCUT2D eigenvalue weighted by atomic mass is 16.6. The fourth-order valence-electron chi connectivity index (χ4n) is 1.42. The van der Waals surface area contributed by atoms with E-state index in [1.807, 2.05) is 19.1 Å². The molecule has 0 fully saturated rings. The highest BCUT2D eigenvalue weighted by Crippen LogP contribution is 2.11. The minimum absolute atomic E-state index is 0.136. The van der Waals surface area contributed by atoms with E-state index in [1.54, 1.807) is 26.2 Å². The van der Waals surface area contributed by atoms with Crippen molar-refractivity contribution in [1.29, 1.82) is 0 Å². The van der Waals surface area contributed by atoms with Crippen LogP contribution < -0.4 is 10.1 Å². The number of hydrogen-bond acceptors (Lipinski definition) is 5. The minimum Gasteiger partial charge on any atom is -0.482 e. The van der Waals surface area contributed by atoms with Crippen molar-refractivity contribution in [2.24, 2.45) is 0 Å². The Labute approximate surface area is 129 Å². The number of nitrogens with one attached hydrogen (secondary N) is 1. The molecule has 1 aromatic rings. The van der Waals surface area contributed by atoms with Crippen LogP contribution >= 0.6 is 0 Å². The third-order valence-electron chi connectivity index (χ3n) is 2.65. The first-order chi connectivity index (χ1) is 10.4. The van der Waals surface area contributed by atoms with E-state index in [4.69, 9.17) is 9.47 Å². The monoisotopic (exact) mass is 308 g/mol. The third-order valence-corrected chi connectivity index (χ3v) is 2.65. The summed E-state index contributed by atoms with van der Waals surface area (Å²) >= 11 is 0. The standard InChI is InChI=1S/C15H20N2O5/c1-11-5-4-6-12(7-11)21-10-15(20)22-9-13(18)16-8-14(19)17(2)3/h4-7H,8-10H2,1-3H3,(H,16,18). The molecule has 0 unspecified atom stereocenters. The minimum atomic E-state index is -0.657. The Morgan fingerprint density at radius 1 is 1.18 bits per heavy atom. The van der Waals surface area contributed by atoms with E-state index in [2.05, 4.69) is 5.32 Å². The van der Waals surface area contributed by atoms with Crippen LogP contribution in [0.15, 0.2) is 24.3 Å². The van der Waals surface area contributed by atoms with Gasteiger partial charge in [0.1, 0.15) is 5.75 Å². The summed E-state index contributed by atoms with van der Waals surface area (Å²) in [7, 11) is 3.16. The molecular formula is C15H20N2O5. The number of carbonyl (C=O) groups excluding carboxylic acids is 3. The summed E-state index contributed by atoms with van der Waals surface area (Å²) in [6.07, 6.45) is 0. The smallest absolute Gasteiger partial charge is 0.344 e. The summed E-state index contributed by atoms with van der Waals surface area (Å²) < 4.78 is 9.99. The van der Waals surface area contributed by atoms with E-state index < -0.39 is 18.5 Å². The van der Waals surface area contributed by atoms with Gasteiger partial charge in [-0.3, -0.25) is 9.59 Å². The van der Waals surface area contributed by atoms with Crippen molar-refractivity contribution in [1.82, 2.24) is 10.2 Å². The van der Waals surface area contributed by atoms with Crippen molar-refractivity contribution in [3.63, 3.8) is 0 Å². The highest BCUT2D eigenvalue weighted by Gasteiger charge is 2.10. The predicted octanol–water partition coefficient (Wildman–Crippen LogP) is 0.121. The van der Waals surface area contributed by atoms with Gasteiger partial charge in [-0.25, -0.2) is 4.79 Å². The Morgan fingerprint density at radius 2 is 1.91 bits per heavy atom. The van der Waals surface area contributed by atoms with E-state index in [9.17, 15) is 14.4 Å². The first kappa shape index (κ1) is 17.5. The summed E-state index contributed by atoms with van der Waals surface area (Å²) in [5, 5.41) is 2.35. The maximum Gasteiger partial charge on any atom is 0.344 e. The molecule has 0 aliphatic heterocycles. The Morgan fingerprint density at radius 3 is 2.55 bits per heavy atom. The summed E-state index contributed by atoms with van der Waals surface area (Å²) in [6.45, 7) is 1.04. The normalized spacial score (nSPS) is 9.77. The van der Waals surface area contributed by atoms with Crippen LogP contribution in [0, 0.1) is 6.92 Å². The van der Waals surface area contributed by atoms with Gasteiger partial charge in [-0.2, -0.15) is 0 Å². The van der Waals surface area contributed by atoms with Crippen molar-refractivity contribution < 1.29 is 23.9 Å². The zero-order chi connectivity index (χ0) is 16.5. The van der Waals surface area contributed by atoms with Gasteiger partial charge in [0.25, 0.3) is 5.91 Å². The van der Waals surface area contributed by atoms with Crippen molar-refractivity contribution >= 4 is 17.8 Å². The van der Waals surface area contributed by atoms with Gasteiger partial charge in [-0.15, -0.1) is 0 Å². The SMILES string of the molecule is Cc1cccc(OCC(=O)OCC(=O)NCC(=O)N(C)C)c1. The molecule has 0 atom stereocenters. The predicted molar refractivity (Wildman–Crippen MR) is 79.3 cm³/mol. The van der Waals surface area contributed by atoms with Crippen LogP contribution in [-0.2, 0) is 19.1 Å². The maximum absolute atomic E-state index is 11.4. The van der Waals surface area contributed by atoms with Crippen LogP contribution in [-0.4, -0.2) is 56.5 Å². The fourth-order valence-corrected chi connectivity index (χ4v) is 1.42. The second-order valence-electron chi connectivity index (χ2n) is 4.83. The lowest BCUT2D eigenvalue weighted by atomic mass is 10.2. The second kappa shape index (κ2) is 8.66. The number of benzene rings is 1. The number of aryl methyl sites for hydroxylation is 1. The molecule has 7 nitrogen and oxygen atoms in total. The van der Waals surface area contributed by atoms with Gasteiger partial charge in [0.05, 0.1) is 6.54 Å². The number of rotatable bonds is 7. The summed E-state index contributed by atoms with van der Waals surface area (Å²) in [5.41, 5.74) is 1.01. The van der Waals surface area contributed by atoms with Gasteiger partial charge < -0.3 is 19.7 Å². The molecule has 1 N–H and O–H groups in total. The van der Waals surface area contributed by atoms with Gasteiger partial charge in [0, 0.05) is 14.1 Å². The molecule has 0 aliphatic rings. The van der Waals surface area contributed by atoms with Gasteiger partial charge >= 0.3 is 5.97 Å². The molecule has 0 saturated carbocycles. The van der Waals surface area contributed by atoms with Gasteiger partial charge in [0.2, 0.25) is 5.91 Å². The molecule has 0 spiro atoms. The average Bonchev–Trinajstić information content (AvgIpc) is 2.48. The molecule has 0 aliphatic carbocycles. The first-order valence-electron chi connectivity index (χ1n) is 6.70. The number of nitrogens with zero attached hydrogens (tertiary/aromatic N) is 1. The lowest BCUT2D eigenvalue weighted by Gasteiger charge is -2.11. The van der Waals surface area contributed by atoms with Crippen LogP contribution in [0.3, 0.4) is 0 Å². The lowest BCUT2D eigenvalue weighted by Crippen LogP contribution is -2.38. The molecule has 0 radical (unpaired) electrons. The van der Waals surface area contributed by atoms with Crippen LogP contribution in [0.1, 0.15) is 5.56 Å². The Kier molecular flexibility index (Phi) is 6.88. The molecule has 0 bridgehead atoms. The molecule has 0 heterocycles. The van der Waals surface area contributed by atoms with Gasteiger partial charge in [-0.1, -0.05) is 12.1 Å². The summed E-state index contributed by atoms with van der Waals surface area (Å²) in [4.78, 5) is 35.4. The van der Waals surface area contributed by atoms with Crippen LogP contribution in [0.25, 0.3) is 0 Å². The quantitative estimate of drug-likeness (QED) is 0.723. The summed E-state index contributed by atoms with van der Waals surface area (Å²) in [5.74, 6) is -0.893. The van der Waals surface area contributed by atoms with Gasteiger partial charge in [0.15, 0.2) is 13.2 Å². The Bertz CT molecular complexity index is 542. The molecule has 0 aromatic heterocycles. The van der Waals surface area contributed by atoms with E-state index in [1.165, 1.54) is 4.90 Å². The topological polar surface area (TPSA) is 84.9 Å². The van der Waals surface area contributed by atoms with E-state index in [0.717, 1.165) is 5.56 Å². The fraction of sp³-hybridized carbons (Fsp3) is 0.400. The maximum atomic E-state index is 11.4. The number of ether oxygens (including phenoxy) is 2.